The van der Waals surface area contributed by atoms with Crippen LogP contribution in [0.25, 0.3) is 0 Å². The first-order valence-electron chi connectivity index (χ1n) is 6.20. The van der Waals surface area contributed by atoms with Gasteiger partial charge in [0.05, 0.1) is 0 Å². The van der Waals surface area contributed by atoms with Crippen molar-refractivity contribution >= 4 is 17.3 Å². The number of hydrogen-bond acceptors (Lipinski definition) is 3. The number of hydrogen-bond donors (Lipinski definition) is 2. The van der Waals surface area contributed by atoms with Crippen LogP contribution in [-0.2, 0) is 17.8 Å². The molecule has 1 heterocycles. The quantitative estimate of drug-likeness (QED) is 0.852. The van der Waals surface area contributed by atoms with Gasteiger partial charge in [0.1, 0.15) is 6.04 Å². The lowest BCUT2D eigenvalue weighted by Crippen LogP contribution is -2.38. The summed E-state index contributed by atoms with van der Waals surface area (Å²) in [6.07, 6.45) is 0.501. The second-order valence-corrected chi connectivity index (χ2v) is 5.49. The summed E-state index contributed by atoms with van der Waals surface area (Å²) in [6.45, 7) is 2.65. The van der Waals surface area contributed by atoms with Crippen molar-refractivity contribution in [1.29, 1.82) is 0 Å². The van der Waals surface area contributed by atoms with Crippen molar-refractivity contribution in [3.8, 4) is 0 Å². The Bertz CT molecular complexity index is 536. The lowest BCUT2D eigenvalue weighted by molar-refractivity contribution is -0.139. The van der Waals surface area contributed by atoms with Gasteiger partial charge in [0.25, 0.3) is 0 Å². The molecule has 0 aliphatic carbocycles. The van der Waals surface area contributed by atoms with Crippen LogP contribution < -0.4 is 5.32 Å². The number of aliphatic carboxylic acids is 1. The molecule has 0 unspecified atom stereocenters. The van der Waals surface area contributed by atoms with E-state index >= 15 is 0 Å². The van der Waals surface area contributed by atoms with Crippen LogP contribution >= 0.6 is 11.3 Å². The van der Waals surface area contributed by atoms with Crippen molar-refractivity contribution in [3.63, 3.8) is 0 Å². The van der Waals surface area contributed by atoms with Gasteiger partial charge >= 0.3 is 5.97 Å². The lowest BCUT2D eigenvalue weighted by Gasteiger charge is -2.14. The topological polar surface area (TPSA) is 49.3 Å². The molecule has 0 amide bonds. The number of nitrogens with one attached hydrogen (secondary N) is 1. The zero-order valence-electron chi connectivity index (χ0n) is 10.8. The second-order valence-electron chi connectivity index (χ2n) is 4.49. The van der Waals surface area contributed by atoms with E-state index in [-0.39, 0.29) is 0 Å². The number of carboxylic acids is 1. The predicted octanol–water partition coefficient (Wildman–Crippen LogP) is 2.84. The number of aryl methyl sites for hydroxylation is 1. The summed E-state index contributed by atoms with van der Waals surface area (Å²) < 4.78 is 0. The van der Waals surface area contributed by atoms with Crippen molar-refractivity contribution in [1.82, 2.24) is 5.32 Å². The fourth-order valence-electron chi connectivity index (χ4n) is 1.90. The van der Waals surface area contributed by atoms with Gasteiger partial charge in [-0.2, -0.15) is 0 Å². The monoisotopic (exact) mass is 275 g/mol. The molecule has 19 heavy (non-hydrogen) atoms. The van der Waals surface area contributed by atoms with Crippen molar-refractivity contribution < 1.29 is 9.90 Å². The van der Waals surface area contributed by atoms with Crippen LogP contribution in [0.15, 0.2) is 41.8 Å². The molecule has 0 radical (unpaired) electrons. The van der Waals surface area contributed by atoms with Crippen molar-refractivity contribution in [3.05, 3.63) is 57.8 Å². The highest BCUT2D eigenvalue weighted by atomic mass is 32.1. The van der Waals surface area contributed by atoms with Gasteiger partial charge in [-0.3, -0.25) is 10.1 Å². The van der Waals surface area contributed by atoms with E-state index in [1.54, 1.807) is 11.3 Å². The molecule has 4 heteroatoms. The number of thiophene rings is 1. The van der Waals surface area contributed by atoms with Gasteiger partial charge in [-0.1, -0.05) is 30.3 Å². The van der Waals surface area contributed by atoms with E-state index in [4.69, 9.17) is 0 Å². The minimum atomic E-state index is -0.807. The summed E-state index contributed by atoms with van der Waals surface area (Å²) in [4.78, 5) is 12.5. The first kappa shape index (κ1) is 13.8. The van der Waals surface area contributed by atoms with Gasteiger partial charge in [-0.25, -0.2) is 0 Å². The summed E-state index contributed by atoms with van der Waals surface area (Å²) in [5, 5.41) is 14.4. The third-order valence-electron chi connectivity index (χ3n) is 3.06. The molecule has 0 aliphatic rings. The molecule has 0 saturated carbocycles. The second kappa shape index (κ2) is 6.50. The Hall–Kier alpha value is -1.65. The molecule has 1 atom stereocenters. The molecule has 0 saturated heterocycles. The van der Waals surface area contributed by atoms with E-state index < -0.39 is 12.0 Å². The minimum absolute atomic E-state index is 0.501. The highest BCUT2D eigenvalue weighted by molar-refractivity contribution is 7.10. The molecule has 0 aliphatic heterocycles. The third kappa shape index (κ3) is 3.91. The van der Waals surface area contributed by atoms with Crippen molar-refractivity contribution in [2.75, 3.05) is 0 Å². The molecular formula is C15H17NO2S. The largest absolute Gasteiger partial charge is 0.480 e. The average molecular weight is 275 g/mol. The van der Waals surface area contributed by atoms with Crippen LogP contribution in [0.2, 0.25) is 0 Å². The molecule has 0 bridgehead atoms. The SMILES string of the molecule is Cc1ccsc1CN[C@H](Cc1ccccc1)C(=O)O. The predicted molar refractivity (Wildman–Crippen MR) is 77.5 cm³/mol. The standard InChI is InChI=1S/C15H17NO2S/c1-11-7-8-19-14(11)10-16-13(15(17)18)9-12-5-3-2-4-6-12/h2-8,13,16H,9-10H2,1H3,(H,17,18)/t13-/m1/s1. The Labute approximate surface area is 116 Å². The van der Waals surface area contributed by atoms with Crippen LogP contribution in [0.3, 0.4) is 0 Å². The molecule has 0 spiro atoms. The van der Waals surface area contributed by atoms with Crippen LogP contribution in [0, 0.1) is 6.92 Å². The highest BCUT2D eigenvalue weighted by Gasteiger charge is 2.17. The molecule has 2 aromatic rings. The van der Waals surface area contributed by atoms with Crippen LogP contribution in [0.5, 0.6) is 0 Å². The third-order valence-corrected chi connectivity index (χ3v) is 4.08. The fourth-order valence-corrected chi connectivity index (χ4v) is 2.75. The van der Waals surface area contributed by atoms with E-state index in [9.17, 15) is 9.90 Å². The number of rotatable bonds is 6. The zero-order chi connectivity index (χ0) is 13.7. The zero-order valence-corrected chi connectivity index (χ0v) is 11.6. The molecular weight excluding hydrogens is 258 g/mol. The molecule has 1 aromatic carbocycles. The van der Waals surface area contributed by atoms with Crippen molar-refractivity contribution in [2.45, 2.75) is 25.9 Å². The van der Waals surface area contributed by atoms with Crippen LogP contribution in [-0.4, -0.2) is 17.1 Å². The molecule has 0 fully saturated rings. The summed E-state index contributed by atoms with van der Waals surface area (Å²) in [6, 6.07) is 11.2. The smallest absolute Gasteiger partial charge is 0.321 e. The Balaban J connectivity index is 1.97. The summed E-state index contributed by atoms with van der Waals surface area (Å²) in [7, 11) is 0. The van der Waals surface area contributed by atoms with E-state index in [2.05, 4.69) is 11.4 Å². The average Bonchev–Trinajstić information content (AvgIpc) is 2.81. The van der Waals surface area contributed by atoms with Crippen LogP contribution in [0.1, 0.15) is 16.0 Å². The first-order chi connectivity index (χ1) is 9.16. The van der Waals surface area contributed by atoms with E-state index in [1.807, 2.05) is 42.6 Å². The Kier molecular flexibility index (Phi) is 4.71. The molecule has 3 nitrogen and oxygen atoms in total. The van der Waals surface area contributed by atoms with Gasteiger partial charge in [0.2, 0.25) is 0 Å². The Morgan fingerprint density at radius 3 is 2.63 bits per heavy atom. The fraction of sp³-hybridized carbons (Fsp3) is 0.267. The van der Waals surface area contributed by atoms with E-state index in [0.717, 1.165) is 5.56 Å². The summed E-state index contributed by atoms with van der Waals surface area (Å²) in [5.41, 5.74) is 2.24. The first-order valence-corrected chi connectivity index (χ1v) is 7.08. The van der Waals surface area contributed by atoms with Gasteiger partial charge in [0.15, 0.2) is 0 Å². The normalized spacial score (nSPS) is 12.3. The Morgan fingerprint density at radius 1 is 1.32 bits per heavy atom. The van der Waals surface area contributed by atoms with Crippen molar-refractivity contribution in [2.24, 2.45) is 0 Å². The molecule has 2 N–H and O–H groups in total. The maximum Gasteiger partial charge on any atom is 0.321 e. The number of benzene rings is 1. The van der Waals surface area contributed by atoms with Gasteiger partial charge in [0, 0.05) is 11.4 Å². The van der Waals surface area contributed by atoms with Gasteiger partial charge in [-0.05, 0) is 35.9 Å². The van der Waals surface area contributed by atoms with Gasteiger partial charge < -0.3 is 5.11 Å². The van der Waals surface area contributed by atoms with E-state index in [0.29, 0.717) is 13.0 Å². The highest BCUT2D eigenvalue weighted by Crippen LogP contribution is 2.15. The number of carbonyl (C=O) groups is 1. The van der Waals surface area contributed by atoms with Gasteiger partial charge in [-0.15, -0.1) is 11.3 Å². The van der Waals surface area contributed by atoms with Crippen LogP contribution in [0.4, 0.5) is 0 Å². The molecule has 2 rings (SSSR count). The molecule has 1 aromatic heterocycles. The lowest BCUT2D eigenvalue weighted by atomic mass is 10.1. The maximum atomic E-state index is 11.3. The number of carboxylic acid groups (broad SMARTS) is 1. The summed E-state index contributed by atoms with van der Waals surface area (Å²) in [5.74, 6) is -0.807. The maximum absolute atomic E-state index is 11.3. The Morgan fingerprint density at radius 2 is 2.05 bits per heavy atom. The molecule has 100 valence electrons. The minimum Gasteiger partial charge on any atom is -0.480 e. The summed E-state index contributed by atoms with van der Waals surface area (Å²) >= 11 is 1.65. The van der Waals surface area contributed by atoms with E-state index in [1.165, 1.54) is 10.4 Å².